The molecule has 0 aliphatic heterocycles. The molecular weight excluding hydrogens is 352 g/mol. The normalized spacial score (nSPS) is 42.7. The van der Waals surface area contributed by atoms with Crippen LogP contribution in [-0.4, -0.2) is 23.6 Å². The standard InChI is InChI=1S/C24H32O4/c1-14(28-15(2)25)22(27)21-8-7-19-18-6-5-16-13-17(26)9-11-23(16,3)20(18)10-12-24(19,21)4/h9,11,13-14,18-21H,5-8,10,12H2,1-4H3/t14?,18-,19-,20-,21+,23-,24-/m0/s1. The smallest absolute Gasteiger partial charge is 0.303 e. The fourth-order valence-electron chi connectivity index (χ4n) is 7.26. The van der Waals surface area contributed by atoms with E-state index in [1.807, 2.05) is 6.08 Å². The van der Waals surface area contributed by atoms with Crippen LogP contribution in [0.1, 0.15) is 66.2 Å². The van der Waals surface area contributed by atoms with E-state index in [0.29, 0.717) is 17.8 Å². The topological polar surface area (TPSA) is 60.4 Å². The number of rotatable bonds is 3. The van der Waals surface area contributed by atoms with Gasteiger partial charge in [0.25, 0.3) is 0 Å². The van der Waals surface area contributed by atoms with E-state index in [1.165, 1.54) is 12.5 Å². The van der Waals surface area contributed by atoms with E-state index in [0.717, 1.165) is 38.5 Å². The molecule has 3 saturated carbocycles. The van der Waals surface area contributed by atoms with E-state index in [4.69, 9.17) is 4.74 Å². The van der Waals surface area contributed by atoms with Crippen LogP contribution in [0.15, 0.2) is 23.8 Å². The van der Waals surface area contributed by atoms with E-state index in [9.17, 15) is 14.4 Å². The van der Waals surface area contributed by atoms with Gasteiger partial charge in [0.1, 0.15) is 0 Å². The zero-order valence-corrected chi connectivity index (χ0v) is 17.5. The lowest BCUT2D eigenvalue weighted by atomic mass is 9.47. The first-order valence-electron chi connectivity index (χ1n) is 10.8. The van der Waals surface area contributed by atoms with Crippen LogP contribution in [0.3, 0.4) is 0 Å². The molecule has 0 saturated heterocycles. The number of esters is 1. The number of hydrogen-bond donors (Lipinski definition) is 0. The first-order chi connectivity index (χ1) is 13.2. The lowest BCUT2D eigenvalue weighted by Crippen LogP contribution is -2.51. The first kappa shape index (κ1) is 19.6. The Hall–Kier alpha value is -1.71. The second kappa shape index (κ2) is 6.67. The number of fused-ring (bicyclic) bond motifs is 5. The van der Waals surface area contributed by atoms with E-state index in [-0.39, 0.29) is 34.3 Å². The third-order valence-electron chi connectivity index (χ3n) is 8.64. The average molecular weight is 385 g/mol. The van der Waals surface area contributed by atoms with Crippen LogP contribution in [0, 0.1) is 34.5 Å². The fourth-order valence-corrected chi connectivity index (χ4v) is 7.26. The van der Waals surface area contributed by atoms with E-state index in [1.54, 1.807) is 13.0 Å². The Bertz CT molecular complexity index is 777. The Morgan fingerprint density at radius 3 is 2.61 bits per heavy atom. The summed E-state index contributed by atoms with van der Waals surface area (Å²) in [5, 5.41) is 0. The van der Waals surface area contributed by atoms with Crippen molar-refractivity contribution in [3.8, 4) is 0 Å². The van der Waals surface area contributed by atoms with E-state index >= 15 is 0 Å². The van der Waals surface area contributed by atoms with Gasteiger partial charge in [-0.15, -0.1) is 0 Å². The van der Waals surface area contributed by atoms with Gasteiger partial charge in [0.05, 0.1) is 0 Å². The molecule has 7 atom stereocenters. The summed E-state index contributed by atoms with van der Waals surface area (Å²) < 4.78 is 5.22. The lowest BCUT2D eigenvalue weighted by Gasteiger charge is -2.57. The minimum atomic E-state index is -0.651. The second-order valence-corrected chi connectivity index (χ2v) is 9.93. The van der Waals surface area contributed by atoms with Crippen LogP contribution in [0.4, 0.5) is 0 Å². The molecule has 3 fully saturated rings. The summed E-state index contributed by atoms with van der Waals surface area (Å²) in [6, 6.07) is 0. The minimum Gasteiger partial charge on any atom is -0.455 e. The minimum absolute atomic E-state index is 0.00155. The van der Waals surface area contributed by atoms with Crippen molar-refractivity contribution < 1.29 is 19.1 Å². The highest BCUT2D eigenvalue weighted by atomic mass is 16.5. The first-order valence-corrected chi connectivity index (χ1v) is 10.8. The SMILES string of the molecule is CC(=O)OC(C)C(=O)[C@H]1CC[C@H]2[C@@H]3CCC4=CC(=O)C=C[C@]4(C)[C@H]3CC[C@]12C. The molecule has 4 rings (SSSR count). The molecule has 4 aliphatic rings. The zero-order chi connectivity index (χ0) is 20.3. The highest BCUT2D eigenvalue weighted by molar-refractivity contribution is 6.01. The Balaban J connectivity index is 1.58. The van der Waals surface area contributed by atoms with Crippen molar-refractivity contribution in [2.75, 3.05) is 0 Å². The number of ketones is 2. The molecule has 4 heteroatoms. The van der Waals surface area contributed by atoms with Gasteiger partial charge in [-0.05, 0) is 80.8 Å². The van der Waals surface area contributed by atoms with Crippen LogP contribution < -0.4 is 0 Å². The van der Waals surface area contributed by atoms with Gasteiger partial charge in [-0.3, -0.25) is 14.4 Å². The van der Waals surface area contributed by atoms with E-state index < -0.39 is 6.10 Å². The van der Waals surface area contributed by atoms with Gasteiger partial charge >= 0.3 is 5.97 Å². The Morgan fingerprint density at radius 2 is 1.89 bits per heavy atom. The molecule has 0 heterocycles. The molecule has 0 aromatic heterocycles. The summed E-state index contributed by atoms with van der Waals surface area (Å²) in [6.07, 6.45) is 11.3. The molecular formula is C24H32O4. The summed E-state index contributed by atoms with van der Waals surface area (Å²) in [5.41, 5.74) is 1.29. The molecule has 0 aromatic carbocycles. The molecule has 4 nitrogen and oxygen atoms in total. The number of allylic oxidation sites excluding steroid dienone is 4. The van der Waals surface area contributed by atoms with Gasteiger partial charge in [-0.1, -0.05) is 25.5 Å². The Labute approximate surface area is 167 Å². The summed E-state index contributed by atoms with van der Waals surface area (Å²) >= 11 is 0. The fraction of sp³-hybridized carbons (Fsp3) is 0.708. The highest BCUT2D eigenvalue weighted by Crippen LogP contribution is 2.66. The maximum atomic E-state index is 13.1. The van der Waals surface area contributed by atoms with Crippen molar-refractivity contribution >= 4 is 17.5 Å². The van der Waals surface area contributed by atoms with Gasteiger partial charge in [0.15, 0.2) is 17.7 Å². The maximum absolute atomic E-state index is 13.1. The molecule has 0 N–H and O–H groups in total. The van der Waals surface area contributed by atoms with Crippen LogP contribution in [0.5, 0.6) is 0 Å². The third kappa shape index (κ3) is 2.83. The highest BCUT2D eigenvalue weighted by Gasteiger charge is 2.60. The second-order valence-electron chi connectivity index (χ2n) is 9.93. The molecule has 0 radical (unpaired) electrons. The molecule has 0 bridgehead atoms. The zero-order valence-electron chi connectivity index (χ0n) is 17.5. The third-order valence-corrected chi connectivity index (χ3v) is 8.64. The van der Waals surface area contributed by atoms with Crippen molar-refractivity contribution in [1.82, 2.24) is 0 Å². The van der Waals surface area contributed by atoms with Crippen molar-refractivity contribution in [3.05, 3.63) is 23.8 Å². The summed E-state index contributed by atoms with van der Waals surface area (Å²) in [7, 11) is 0. The predicted octanol–water partition coefficient (Wildman–Crippen LogP) is 4.43. The largest absolute Gasteiger partial charge is 0.455 e. The molecule has 0 amide bonds. The van der Waals surface area contributed by atoms with Gasteiger partial charge in [-0.2, -0.15) is 0 Å². The van der Waals surface area contributed by atoms with Crippen molar-refractivity contribution in [1.29, 1.82) is 0 Å². The number of ether oxygens (including phenoxy) is 1. The van der Waals surface area contributed by atoms with Gasteiger partial charge in [-0.25, -0.2) is 0 Å². The van der Waals surface area contributed by atoms with E-state index in [2.05, 4.69) is 19.9 Å². The average Bonchev–Trinajstić information content (AvgIpc) is 2.98. The maximum Gasteiger partial charge on any atom is 0.303 e. The molecule has 1 unspecified atom stereocenters. The number of Topliss-reactive ketones (excluding diaryl/α,β-unsaturated/α-hetero) is 1. The summed E-state index contributed by atoms with van der Waals surface area (Å²) in [5.74, 6) is 1.51. The number of carbonyl (C=O) groups excluding carboxylic acids is 3. The van der Waals surface area contributed by atoms with Crippen LogP contribution >= 0.6 is 0 Å². The summed E-state index contributed by atoms with van der Waals surface area (Å²) in [4.78, 5) is 36.3. The Kier molecular flexibility index (Phi) is 4.67. The van der Waals surface area contributed by atoms with Crippen LogP contribution in [-0.2, 0) is 19.1 Å². The molecule has 0 spiro atoms. The Morgan fingerprint density at radius 1 is 1.14 bits per heavy atom. The quantitative estimate of drug-likeness (QED) is 0.675. The van der Waals surface area contributed by atoms with Crippen molar-refractivity contribution in [2.45, 2.75) is 72.3 Å². The van der Waals surface area contributed by atoms with Crippen molar-refractivity contribution in [2.24, 2.45) is 34.5 Å². The number of hydrogen-bond acceptors (Lipinski definition) is 4. The predicted molar refractivity (Wildman–Crippen MR) is 106 cm³/mol. The van der Waals surface area contributed by atoms with Crippen LogP contribution in [0.25, 0.3) is 0 Å². The van der Waals surface area contributed by atoms with Gasteiger partial charge in [0, 0.05) is 18.3 Å². The van der Waals surface area contributed by atoms with Gasteiger partial charge in [0.2, 0.25) is 0 Å². The molecule has 4 aliphatic carbocycles. The molecule has 28 heavy (non-hydrogen) atoms. The molecule has 152 valence electrons. The lowest BCUT2D eigenvalue weighted by molar-refractivity contribution is -0.155. The monoisotopic (exact) mass is 384 g/mol. The van der Waals surface area contributed by atoms with Crippen molar-refractivity contribution in [3.63, 3.8) is 0 Å². The summed E-state index contributed by atoms with van der Waals surface area (Å²) in [6.45, 7) is 7.69. The van der Waals surface area contributed by atoms with Crippen LogP contribution in [0.2, 0.25) is 0 Å². The molecule has 0 aromatic rings. The number of carbonyl (C=O) groups is 3. The van der Waals surface area contributed by atoms with Gasteiger partial charge < -0.3 is 4.74 Å².